The van der Waals surface area contributed by atoms with Crippen LogP contribution < -0.4 is 0 Å². The Balaban J connectivity index is 1.95. The van der Waals surface area contributed by atoms with E-state index in [2.05, 4.69) is 4.98 Å². The summed E-state index contributed by atoms with van der Waals surface area (Å²) in [6, 6.07) is 6.24. The number of thiazole rings is 1. The van der Waals surface area contributed by atoms with Gasteiger partial charge in [-0.2, -0.15) is 0 Å². The van der Waals surface area contributed by atoms with Crippen LogP contribution in [-0.2, 0) is 23.6 Å². The summed E-state index contributed by atoms with van der Waals surface area (Å²) in [5.41, 5.74) is 1.55. The van der Waals surface area contributed by atoms with E-state index in [1.807, 2.05) is 5.38 Å². The monoisotopic (exact) mass is 312 g/mol. The Morgan fingerprint density at radius 3 is 2.95 bits per heavy atom. The fourth-order valence-electron chi connectivity index (χ4n) is 1.75. The predicted octanol–water partition coefficient (Wildman–Crippen LogP) is 3.22. The molecule has 3 nitrogen and oxygen atoms in total. The molecule has 1 aromatic heterocycles. The van der Waals surface area contributed by atoms with Crippen molar-refractivity contribution in [1.82, 2.24) is 9.88 Å². The molecule has 0 saturated heterocycles. The third-order valence-electron chi connectivity index (χ3n) is 2.77. The average molecular weight is 313 g/mol. The molecule has 1 amide bonds. The first kappa shape index (κ1) is 14.9. The standard InChI is InChI=1S/C14H14ClFN2OS/c1-18(8-10-3-2-4-11(16)5-10)14(19)6-13-17-12(7-15)9-20-13/h2-5,9H,6-8H2,1H3. The Bertz CT molecular complexity index is 602. The topological polar surface area (TPSA) is 33.2 Å². The van der Waals surface area contributed by atoms with Gasteiger partial charge in [-0.25, -0.2) is 9.37 Å². The maximum absolute atomic E-state index is 13.1. The van der Waals surface area contributed by atoms with Crippen LogP contribution in [-0.4, -0.2) is 22.8 Å². The second-order valence-electron chi connectivity index (χ2n) is 4.42. The van der Waals surface area contributed by atoms with Crippen molar-refractivity contribution in [3.05, 3.63) is 51.7 Å². The highest BCUT2D eigenvalue weighted by Crippen LogP contribution is 2.14. The SMILES string of the molecule is CN(Cc1cccc(F)c1)C(=O)Cc1nc(CCl)cs1. The van der Waals surface area contributed by atoms with Crippen LogP contribution in [0, 0.1) is 5.82 Å². The normalized spacial score (nSPS) is 10.6. The molecule has 0 aliphatic carbocycles. The molecule has 0 atom stereocenters. The van der Waals surface area contributed by atoms with Gasteiger partial charge in [0, 0.05) is 19.0 Å². The average Bonchev–Trinajstić information content (AvgIpc) is 2.86. The number of rotatable bonds is 5. The zero-order chi connectivity index (χ0) is 14.5. The van der Waals surface area contributed by atoms with Gasteiger partial charge in [0.15, 0.2) is 0 Å². The summed E-state index contributed by atoms with van der Waals surface area (Å²) in [6.45, 7) is 0.379. The van der Waals surface area contributed by atoms with E-state index in [4.69, 9.17) is 11.6 Å². The molecule has 0 saturated carbocycles. The number of amides is 1. The van der Waals surface area contributed by atoms with Crippen molar-refractivity contribution >= 4 is 28.8 Å². The van der Waals surface area contributed by atoms with Crippen LogP contribution >= 0.6 is 22.9 Å². The number of benzene rings is 1. The lowest BCUT2D eigenvalue weighted by Gasteiger charge is -2.16. The fourth-order valence-corrected chi connectivity index (χ4v) is 2.77. The number of carbonyl (C=O) groups excluding carboxylic acids is 1. The van der Waals surface area contributed by atoms with E-state index in [-0.39, 0.29) is 18.1 Å². The van der Waals surface area contributed by atoms with E-state index >= 15 is 0 Å². The van der Waals surface area contributed by atoms with Crippen molar-refractivity contribution in [3.63, 3.8) is 0 Å². The molecule has 1 heterocycles. The van der Waals surface area contributed by atoms with Crippen LogP contribution in [0.2, 0.25) is 0 Å². The predicted molar refractivity (Wildman–Crippen MR) is 78.2 cm³/mol. The quantitative estimate of drug-likeness (QED) is 0.794. The molecule has 0 unspecified atom stereocenters. The van der Waals surface area contributed by atoms with Crippen LogP contribution in [0.5, 0.6) is 0 Å². The summed E-state index contributed by atoms with van der Waals surface area (Å²) in [5, 5.41) is 2.60. The van der Waals surface area contributed by atoms with Crippen LogP contribution in [0.25, 0.3) is 0 Å². The van der Waals surface area contributed by atoms with Crippen molar-refractivity contribution in [2.75, 3.05) is 7.05 Å². The van der Waals surface area contributed by atoms with Crippen LogP contribution in [0.1, 0.15) is 16.3 Å². The van der Waals surface area contributed by atoms with Gasteiger partial charge in [-0.15, -0.1) is 22.9 Å². The highest BCUT2D eigenvalue weighted by molar-refractivity contribution is 7.09. The second kappa shape index (κ2) is 6.81. The molecular formula is C14H14ClFN2OS. The minimum Gasteiger partial charge on any atom is -0.341 e. The van der Waals surface area contributed by atoms with Gasteiger partial charge in [0.2, 0.25) is 5.91 Å². The summed E-state index contributed by atoms with van der Waals surface area (Å²) in [7, 11) is 1.70. The molecule has 0 spiro atoms. The Hall–Kier alpha value is -1.46. The van der Waals surface area contributed by atoms with Gasteiger partial charge >= 0.3 is 0 Å². The molecule has 6 heteroatoms. The van der Waals surface area contributed by atoms with Gasteiger partial charge in [0.05, 0.1) is 18.0 Å². The van der Waals surface area contributed by atoms with Crippen molar-refractivity contribution in [2.45, 2.75) is 18.8 Å². The van der Waals surface area contributed by atoms with Crippen molar-refractivity contribution < 1.29 is 9.18 Å². The highest BCUT2D eigenvalue weighted by Gasteiger charge is 2.13. The lowest BCUT2D eigenvalue weighted by atomic mass is 10.2. The number of alkyl halides is 1. The Morgan fingerprint density at radius 2 is 2.30 bits per heavy atom. The first-order valence-corrected chi connectivity index (χ1v) is 7.47. The number of carbonyl (C=O) groups is 1. The molecule has 1 aromatic carbocycles. The number of nitrogens with zero attached hydrogens (tertiary/aromatic N) is 2. The highest BCUT2D eigenvalue weighted by atomic mass is 35.5. The smallest absolute Gasteiger partial charge is 0.229 e. The minimum atomic E-state index is -0.296. The molecule has 0 fully saturated rings. The van der Waals surface area contributed by atoms with Gasteiger partial charge in [-0.05, 0) is 17.7 Å². The molecule has 0 aliphatic heterocycles. The van der Waals surface area contributed by atoms with Gasteiger partial charge in [-0.3, -0.25) is 4.79 Å². The summed E-state index contributed by atoms with van der Waals surface area (Å²) < 4.78 is 13.1. The van der Waals surface area contributed by atoms with Gasteiger partial charge in [-0.1, -0.05) is 12.1 Å². The number of hydrogen-bond acceptors (Lipinski definition) is 3. The van der Waals surface area contributed by atoms with E-state index in [0.717, 1.165) is 16.3 Å². The first-order valence-electron chi connectivity index (χ1n) is 6.06. The third kappa shape index (κ3) is 4.02. The van der Waals surface area contributed by atoms with E-state index in [1.165, 1.54) is 23.5 Å². The van der Waals surface area contributed by atoms with Crippen molar-refractivity contribution in [2.24, 2.45) is 0 Å². The largest absolute Gasteiger partial charge is 0.341 e. The molecular weight excluding hydrogens is 299 g/mol. The van der Waals surface area contributed by atoms with Gasteiger partial charge in [0.1, 0.15) is 10.8 Å². The Morgan fingerprint density at radius 1 is 1.50 bits per heavy atom. The van der Waals surface area contributed by atoms with E-state index in [1.54, 1.807) is 24.1 Å². The van der Waals surface area contributed by atoms with Crippen molar-refractivity contribution in [1.29, 1.82) is 0 Å². The minimum absolute atomic E-state index is 0.0512. The summed E-state index contributed by atoms with van der Waals surface area (Å²) in [5.74, 6) is 0.00357. The van der Waals surface area contributed by atoms with Crippen LogP contribution in [0.15, 0.2) is 29.6 Å². The lowest BCUT2D eigenvalue weighted by molar-refractivity contribution is -0.129. The molecule has 2 rings (SSSR count). The first-order chi connectivity index (χ1) is 9.58. The molecule has 2 aromatic rings. The van der Waals surface area contributed by atoms with Gasteiger partial charge < -0.3 is 4.90 Å². The Kier molecular flexibility index (Phi) is 5.09. The number of aromatic nitrogens is 1. The summed E-state index contributed by atoms with van der Waals surface area (Å²) in [6.07, 6.45) is 0.243. The summed E-state index contributed by atoms with van der Waals surface area (Å²) in [4.78, 5) is 17.9. The van der Waals surface area contributed by atoms with Gasteiger partial charge in [0.25, 0.3) is 0 Å². The lowest BCUT2D eigenvalue weighted by Crippen LogP contribution is -2.27. The van der Waals surface area contributed by atoms with E-state index < -0.39 is 0 Å². The fraction of sp³-hybridized carbons (Fsp3) is 0.286. The maximum atomic E-state index is 13.1. The third-order valence-corrected chi connectivity index (χ3v) is 3.94. The molecule has 20 heavy (non-hydrogen) atoms. The number of halogens is 2. The molecule has 106 valence electrons. The van der Waals surface area contributed by atoms with E-state index in [0.29, 0.717) is 12.4 Å². The second-order valence-corrected chi connectivity index (χ2v) is 5.63. The molecule has 0 radical (unpaired) electrons. The number of hydrogen-bond donors (Lipinski definition) is 0. The molecule has 0 bridgehead atoms. The zero-order valence-corrected chi connectivity index (χ0v) is 12.5. The number of likely N-dealkylation sites (N-methyl/N-ethyl adjacent to an activating group) is 1. The van der Waals surface area contributed by atoms with Crippen LogP contribution in [0.4, 0.5) is 4.39 Å². The van der Waals surface area contributed by atoms with Crippen molar-refractivity contribution in [3.8, 4) is 0 Å². The molecule has 0 N–H and O–H groups in total. The maximum Gasteiger partial charge on any atom is 0.229 e. The molecule has 0 aliphatic rings. The zero-order valence-electron chi connectivity index (χ0n) is 11.0. The van der Waals surface area contributed by atoms with E-state index in [9.17, 15) is 9.18 Å². The Labute approximate surface area is 126 Å². The van der Waals surface area contributed by atoms with Crippen LogP contribution in [0.3, 0.4) is 0 Å². The summed E-state index contributed by atoms with van der Waals surface area (Å²) >= 11 is 7.10.